The Kier molecular flexibility index (Phi) is 4.60. The van der Waals surface area contributed by atoms with Gasteiger partial charge in [-0.3, -0.25) is 0 Å². The molecule has 0 spiro atoms. The zero-order valence-electron chi connectivity index (χ0n) is 9.63. The normalized spacial score (nSPS) is 14.5. The quantitative estimate of drug-likeness (QED) is 0.804. The Morgan fingerprint density at radius 1 is 1.38 bits per heavy atom. The predicted octanol–water partition coefficient (Wildman–Crippen LogP) is 1.78. The Balaban J connectivity index is 4.27. The van der Waals surface area contributed by atoms with E-state index in [1.54, 1.807) is 20.8 Å². The molecule has 0 saturated carbocycles. The number of carbonyl (C=O) groups is 1. The van der Waals surface area contributed by atoms with E-state index in [0.29, 0.717) is 4.90 Å². The Labute approximate surface area is 92.0 Å². The number of nitrogens with zero attached hydrogens (tertiary/aromatic N) is 1. The Morgan fingerprint density at radius 3 is 2.12 bits per heavy atom. The third-order valence-electron chi connectivity index (χ3n) is 1.53. The number of alkyl halides is 3. The Hall–Kier alpha value is -0.980. The fraction of sp³-hybridized carbons (Fsp3) is 0.889. The second-order valence-corrected chi connectivity index (χ2v) is 4.42. The van der Waals surface area contributed by atoms with E-state index < -0.39 is 30.5 Å². The van der Waals surface area contributed by atoms with Gasteiger partial charge in [-0.1, -0.05) is 0 Å². The Morgan fingerprint density at radius 2 is 1.81 bits per heavy atom. The van der Waals surface area contributed by atoms with Crippen LogP contribution in [0.15, 0.2) is 0 Å². The summed E-state index contributed by atoms with van der Waals surface area (Å²) in [6.45, 7) is 3.94. The van der Waals surface area contributed by atoms with Crippen molar-refractivity contribution >= 4 is 6.09 Å². The minimum Gasteiger partial charge on any atom is -0.444 e. The maximum Gasteiger partial charge on any atom is 0.416 e. The average Bonchev–Trinajstić information content (AvgIpc) is 1.98. The van der Waals surface area contributed by atoms with Gasteiger partial charge in [0.25, 0.3) is 0 Å². The van der Waals surface area contributed by atoms with Crippen molar-refractivity contribution in [2.24, 2.45) is 0 Å². The number of hydrogen-bond donors (Lipinski definition) is 1. The number of rotatable bonds is 2. The summed E-state index contributed by atoms with van der Waals surface area (Å²) in [5.74, 6) is 0. The molecule has 0 aliphatic heterocycles. The van der Waals surface area contributed by atoms with Crippen LogP contribution >= 0.6 is 0 Å². The highest BCUT2D eigenvalue weighted by atomic mass is 19.4. The van der Waals surface area contributed by atoms with E-state index in [4.69, 9.17) is 9.84 Å². The van der Waals surface area contributed by atoms with Crippen LogP contribution in [0, 0.1) is 0 Å². The molecule has 0 unspecified atom stereocenters. The molecule has 0 heterocycles. The molecule has 0 radical (unpaired) electrons. The lowest BCUT2D eigenvalue weighted by Crippen LogP contribution is -2.43. The molecule has 16 heavy (non-hydrogen) atoms. The zero-order valence-corrected chi connectivity index (χ0v) is 9.63. The van der Waals surface area contributed by atoms with Crippen molar-refractivity contribution in [3.8, 4) is 0 Å². The van der Waals surface area contributed by atoms with Crippen LogP contribution < -0.4 is 0 Å². The molecular formula is C9H16F3NO3. The number of amides is 1. The number of aliphatic hydroxyl groups is 1. The van der Waals surface area contributed by atoms with Crippen molar-refractivity contribution in [1.82, 2.24) is 4.90 Å². The topological polar surface area (TPSA) is 49.8 Å². The molecule has 0 aromatic heterocycles. The van der Waals surface area contributed by atoms with Crippen LogP contribution in [0.25, 0.3) is 0 Å². The van der Waals surface area contributed by atoms with Crippen LogP contribution in [-0.2, 0) is 4.74 Å². The molecule has 7 heteroatoms. The van der Waals surface area contributed by atoms with E-state index in [2.05, 4.69) is 0 Å². The largest absolute Gasteiger partial charge is 0.444 e. The molecule has 0 aromatic carbocycles. The summed E-state index contributed by atoms with van der Waals surface area (Å²) in [6, 6.07) is 0. The van der Waals surface area contributed by atoms with Crippen molar-refractivity contribution < 1.29 is 27.8 Å². The van der Waals surface area contributed by atoms with Crippen molar-refractivity contribution in [2.45, 2.75) is 38.7 Å². The van der Waals surface area contributed by atoms with Gasteiger partial charge < -0.3 is 14.7 Å². The maximum atomic E-state index is 12.0. The summed E-state index contributed by atoms with van der Waals surface area (Å²) in [7, 11) is 1.13. The van der Waals surface area contributed by atoms with E-state index in [-0.39, 0.29) is 0 Å². The smallest absolute Gasteiger partial charge is 0.416 e. The molecular weight excluding hydrogens is 227 g/mol. The summed E-state index contributed by atoms with van der Waals surface area (Å²) in [5, 5.41) is 8.73. The van der Waals surface area contributed by atoms with Crippen LogP contribution in [0.4, 0.5) is 18.0 Å². The van der Waals surface area contributed by atoms with Gasteiger partial charge in [0.1, 0.15) is 5.60 Å². The number of aliphatic hydroxyl groups excluding tert-OH is 1. The van der Waals surface area contributed by atoms with Crippen LogP contribution in [0.2, 0.25) is 0 Å². The highest BCUT2D eigenvalue weighted by molar-refractivity contribution is 5.67. The summed E-state index contributed by atoms with van der Waals surface area (Å²) in [4.78, 5) is 11.9. The second-order valence-electron chi connectivity index (χ2n) is 4.42. The number of carbonyl (C=O) groups excluding carboxylic acids is 1. The van der Waals surface area contributed by atoms with Gasteiger partial charge in [0, 0.05) is 7.05 Å². The predicted molar refractivity (Wildman–Crippen MR) is 50.9 cm³/mol. The summed E-state index contributed by atoms with van der Waals surface area (Å²) in [5.41, 5.74) is -0.783. The summed E-state index contributed by atoms with van der Waals surface area (Å²) >= 11 is 0. The van der Waals surface area contributed by atoms with Crippen LogP contribution in [0.1, 0.15) is 20.8 Å². The van der Waals surface area contributed by atoms with Crippen molar-refractivity contribution in [3.63, 3.8) is 0 Å². The monoisotopic (exact) mass is 243 g/mol. The molecule has 0 rings (SSSR count). The third-order valence-corrected chi connectivity index (χ3v) is 1.53. The highest BCUT2D eigenvalue weighted by Crippen LogP contribution is 2.20. The van der Waals surface area contributed by atoms with Crippen molar-refractivity contribution in [1.29, 1.82) is 0 Å². The molecule has 0 aromatic rings. The lowest BCUT2D eigenvalue weighted by atomic mass is 10.2. The number of hydrogen-bond acceptors (Lipinski definition) is 3. The molecule has 1 N–H and O–H groups in total. The van der Waals surface area contributed by atoms with E-state index >= 15 is 0 Å². The molecule has 1 amide bonds. The molecule has 96 valence electrons. The van der Waals surface area contributed by atoms with Gasteiger partial charge in [-0.05, 0) is 20.8 Å². The van der Waals surface area contributed by atoms with Gasteiger partial charge in [0.05, 0.1) is 6.54 Å². The standard InChI is InChI=1S/C9H16F3NO3/c1-8(2,3)16-7(15)13(4)5-6(14)9(10,11)12/h6,14H,5H2,1-4H3/t6-/m1/s1. The fourth-order valence-corrected chi connectivity index (χ4v) is 0.777. The van der Waals surface area contributed by atoms with Gasteiger partial charge in [0.15, 0.2) is 6.10 Å². The minimum atomic E-state index is -4.74. The van der Waals surface area contributed by atoms with E-state index in [9.17, 15) is 18.0 Å². The first-order valence-corrected chi connectivity index (χ1v) is 4.62. The van der Waals surface area contributed by atoms with E-state index in [1.165, 1.54) is 0 Å². The van der Waals surface area contributed by atoms with E-state index in [1.807, 2.05) is 0 Å². The van der Waals surface area contributed by atoms with Gasteiger partial charge in [0.2, 0.25) is 0 Å². The van der Waals surface area contributed by atoms with Crippen LogP contribution in [0.5, 0.6) is 0 Å². The molecule has 0 saturated heterocycles. The SMILES string of the molecule is CN(C[C@@H](O)C(F)(F)F)C(=O)OC(C)(C)C. The molecule has 0 aliphatic carbocycles. The zero-order chi connectivity index (χ0) is 13.1. The molecule has 0 aliphatic rings. The van der Waals surface area contributed by atoms with Gasteiger partial charge in [-0.25, -0.2) is 4.79 Å². The lowest BCUT2D eigenvalue weighted by Gasteiger charge is -2.26. The first-order chi connectivity index (χ1) is 6.93. The third kappa shape index (κ3) is 5.79. The number of likely N-dealkylation sites (N-methyl/N-ethyl adjacent to an activating group) is 1. The Bertz CT molecular complexity index is 247. The molecule has 0 fully saturated rings. The summed E-state index contributed by atoms with van der Waals surface area (Å²) in [6.07, 6.45) is -8.21. The van der Waals surface area contributed by atoms with Gasteiger partial charge in [-0.2, -0.15) is 13.2 Å². The van der Waals surface area contributed by atoms with E-state index in [0.717, 1.165) is 7.05 Å². The fourth-order valence-electron chi connectivity index (χ4n) is 0.777. The summed E-state index contributed by atoms with van der Waals surface area (Å²) < 4.78 is 40.8. The first kappa shape index (κ1) is 15.0. The average molecular weight is 243 g/mol. The van der Waals surface area contributed by atoms with Gasteiger partial charge >= 0.3 is 12.3 Å². The lowest BCUT2D eigenvalue weighted by molar-refractivity contribution is -0.206. The number of ether oxygens (including phenoxy) is 1. The molecule has 4 nitrogen and oxygen atoms in total. The van der Waals surface area contributed by atoms with Crippen molar-refractivity contribution in [2.75, 3.05) is 13.6 Å². The molecule has 0 bridgehead atoms. The first-order valence-electron chi connectivity index (χ1n) is 4.62. The molecule has 1 atom stereocenters. The van der Waals surface area contributed by atoms with Crippen LogP contribution in [-0.4, -0.2) is 47.6 Å². The van der Waals surface area contributed by atoms with Gasteiger partial charge in [-0.15, -0.1) is 0 Å². The maximum absolute atomic E-state index is 12.0. The second kappa shape index (κ2) is 4.90. The highest BCUT2D eigenvalue weighted by Gasteiger charge is 2.39. The number of halogens is 3. The minimum absolute atomic E-state index is 0.684. The van der Waals surface area contributed by atoms with Crippen molar-refractivity contribution in [3.05, 3.63) is 0 Å². The van der Waals surface area contributed by atoms with Crippen LogP contribution in [0.3, 0.4) is 0 Å².